The van der Waals surface area contributed by atoms with Crippen molar-refractivity contribution < 1.29 is 47.7 Å². The number of hydrogen-bond donors (Lipinski definition) is 2. The third-order valence-electron chi connectivity index (χ3n) is 23.5. The number of imide groups is 2. The molecule has 14 nitrogen and oxygen atoms in total. The molecule has 22 atom stereocenters. The Morgan fingerprint density at radius 3 is 1.23 bits per heavy atom. The van der Waals surface area contributed by atoms with Crippen molar-refractivity contribution in [3.8, 4) is 0 Å². The number of Topliss-reactive ketones (excluding diaryl/α,β-unsaturated/α-hetero) is 2. The molecule has 412 valence electrons. The number of carbonyl (C=O) groups excluding carboxylic acids is 6. The van der Waals surface area contributed by atoms with Gasteiger partial charge in [0.25, 0.3) is 0 Å². The minimum Gasteiger partial charge on any atom is -0.445 e. The Morgan fingerprint density at radius 2 is 0.919 bits per heavy atom. The van der Waals surface area contributed by atoms with Crippen LogP contribution in [-0.2, 0) is 38.1 Å². The van der Waals surface area contributed by atoms with Gasteiger partial charge < -0.3 is 28.7 Å². The molecule has 74 heavy (non-hydrogen) atoms. The van der Waals surface area contributed by atoms with Gasteiger partial charge in [0.05, 0.1) is 24.0 Å². The molecule has 0 aromatic heterocycles. The van der Waals surface area contributed by atoms with E-state index in [-0.39, 0.29) is 105 Å². The van der Waals surface area contributed by atoms with Gasteiger partial charge in [-0.05, 0) is 139 Å². The number of ketones is 2. The van der Waals surface area contributed by atoms with Crippen molar-refractivity contribution in [3.63, 3.8) is 0 Å². The van der Waals surface area contributed by atoms with Crippen LogP contribution in [0.4, 0.5) is 9.59 Å². The molecule has 6 aliphatic carbocycles. The Kier molecular flexibility index (Phi) is 15.2. The maximum atomic E-state index is 14.2. The lowest BCUT2D eigenvalue weighted by molar-refractivity contribution is -0.189. The van der Waals surface area contributed by atoms with Gasteiger partial charge in [-0.3, -0.25) is 29.8 Å². The van der Waals surface area contributed by atoms with Crippen molar-refractivity contribution in [3.05, 3.63) is 24.3 Å². The molecule has 4 saturated heterocycles. The van der Waals surface area contributed by atoms with Crippen LogP contribution in [0.5, 0.6) is 0 Å². The number of alkyl carbamates (subject to hydrolysis) is 2. The van der Waals surface area contributed by atoms with Crippen LogP contribution in [0.2, 0.25) is 0 Å². The molecule has 10 fully saturated rings. The lowest BCUT2D eigenvalue weighted by atomic mass is 9.44. The second-order valence-electron chi connectivity index (χ2n) is 26.7. The Balaban J connectivity index is 0.000000182. The predicted molar refractivity (Wildman–Crippen MR) is 281 cm³/mol. The summed E-state index contributed by atoms with van der Waals surface area (Å²) in [5.74, 6) is 0.910. The summed E-state index contributed by atoms with van der Waals surface area (Å²) in [6, 6.07) is 0. The average molecular weight is 1030 g/mol. The third-order valence-corrected chi connectivity index (χ3v) is 23.5. The number of nitrogens with one attached hydrogen (secondary N) is 2. The standard InChI is InChI=1S/2C30H46N2O5/c2*1-7-11-28(4)15-23(37-27(35)31-26(34)21-17-32-14-10-20(21)16-32)29(5)18(2)8-12-30(19(3)25(28)33)13-9-22(36-6)24(29)30/h2*7,11,18-24H,8-10,12-17H2,1-6H3,(H,31,34,35)/t2*18-,19+,20-,21+,22-,23-,24?,28-,29+,30?/m11/s1. The van der Waals surface area contributed by atoms with Gasteiger partial charge in [0.2, 0.25) is 11.8 Å². The topological polar surface area (TPSA) is 170 Å². The molecule has 4 amide bonds. The molecular formula is C60H92N4O10. The van der Waals surface area contributed by atoms with Crippen LogP contribution < -0.4 is 10.6 Å². The molecular weight excluding hydrogens is 937 g/mol. The fraction of sp³-hybridized carbons (Fsp3) is 0.833. The molecule has 10 aliphatic rings. The first-order valence-corrected chi connectivity index (χ1v) is 28.9. The molecule has 4 heterocycles. The summed E-state index contributed by atoms with van der Waals surface area (Å²) in [6.07, 6.45) is 16.1. The van der Waals surface area contributed by atoms with E-state index in [1.807, 2.05) is 52.0 Å². The molecule has 10 rings (SSSR count). The molecule has 8 bridgehead atoms. The van der Waals surface area contributed by atoms with Crippen LogP contribution in [0.1, 0.15) is 146 Å². The monoisotopic (exact) mass is 1030 g/mol. The number of fused-ring (bicyclic) bond motifs is 4. The van der Waals surface area contributed by atoms with E-state index < -0.39 is 35.2 Å². The minimum atomic E-state index is -0.748. The molecule has 14 heteroatoms. The number of ether oxygens (including phenoxy) is 4. The second-order valence-corrected chi connectivity index (χ2v) is 26.7. The molecule has 0 aromatic rings. The number of methoxy groups -OCH3 is 2. The van der Waals surface area contributed by atoms with Gasteiger partial charge in [0.1, 0.15) is 23.8 Å². The Bertz CT molecular complexity index is 2120. The average Bonchev–Trinajstić information content (AvgIpc) is 4.26. The van der Waals surface area contributed by atoms with Gasteiger partial charge in [0, 0.05) is 98.6 Å². The van der Waals surface area contributed by atoms with Crippen molar-refractivity contribution in [2.75, 3.05) is 53.5 Å². The van der Waals surface area contributed by atoms with Crippen LogP contribution >= 0.6 is 0 Å². The normalized spacial score (nSPS) is 49.0. The van der Waals surface area contributed by atoms with E-state index >= 15 is 0 Å². The van der Waals surface area contributed by atoms with Crippen molar-refractivity contribution in [1.82, 2.24) is 20.4 Å². The van der Waals surface area contributed by atoms with E-state index in [1.54, 1.807) is 14.2 Å². The summed E-state index contributed by atoms with van der Waals surface area (Å²) in [5.41, 5.74) is -2.61. The highest BCUT2D eigenvalue weighted by Crippen LogP contribution is 2.70. The first-order valence-electron chi connectivity index (χ1n) is 28.9. The summed E-state index contributed by atoms with van der Waals surface area (Å²) in [4.78, 5) is 85.7. The Labute approximate surface area is 442 Å². The summed E-state index contributed by atoms with van der Waals surface area (Å²) < 4.78 is 24.7. The van der Waals surface area contributed by atoms with Gasteiger partial charge in [-0.25, -0.2) is 9.59 Å². The minimum absolute atomic E-state index is 0.0213. The number of allylic oxidation sites excluding steroid dienone is 4. The van der Waals surface area contributed by atoms with E-state index in [9.17, 15) is 28.8 Å². The SMILES string of the molecule is CC=C[C@]1(C)C[C@@H](OC(=O)NC(=O)[C@H]2CN3CC[C@@H]2C3)[C@@]2(C)C3[C@H](OC)CCC3(CC[C@H]2C)[C@@H](C)C1=O.CC=C[C@]1(C)C[C@@H](OC(=O)NC(=O)[C@H]2CN3CC[C@@H]2C3)[C@@]2(C)C3[C@H](OC)CCC3(CC[C@H]2C)[C@@H](C)C1=O. The van der Waals surface area contributed by atoms with Crippen molar-refractivity contribution in [1.29, 1.82) is 0 Å². The van der Waals surface area contributed by atoms with Crippen molar-refractivity contribution >= 4 is 35.6 Å². The molecule has 0 spiro atoms. The van der Waals surface area contributed by atoms with Gasteiger partial charge in [-0.2, -0.15) is 0 Å². The number of amides is 4. The molecule has 0 aromatic carbocycles. The molecule has 2 N–H and O–H groups in total. The first-order chi connectivity index (χ1) is 35.0. The lowest BCUT2D eigenvalue weighted by Gasteiger charge is -2.61. The summed E-state index contributed by atoms with van der Waals surface area (Å²) in [5, 5.41) is 5.20. The highest BCUT2D eigenvalue weighted by Gasteiger charge is 2.70. The zero-order valence-electron chi connectivity index (χ0n) is 47.1. The quantitative estimate of drug-likeness (QED) is 0.222. The highest BCUT2D eigenvalue weighted by atomic mass is 16.6. The number of hydrogen-bond acceptors (Lipinski definition) is 12. The Morgan fingerprint density at radius 1 is 0.554 bits per heavy atom. The van der Waals surface area contributed by atoms with Crippen LogP contribution in [0.25, 0.3) is 0 Å². The van der Waals surface area contributed by atoms with Crippen LogP contribution in [0.15, 0.2) is 24.3 Å². The van der Waals surface area contributed by atoms with Crippen LogP contribution in [0, 0.1) is 91.7 Å². The largest absolute Gasteiger partial charge is 0.445 e. The van der Waals surface area contributed by atoms with Crippen LogP contribution in [-0.4, -0.2) is 123 Å². The number of carbonyl (C=O) groups is 6. The van der Waals surface area contributed by atoms with E-state index in [0.29, 0.717) is 37.8 Å². The zero-order valence-corrected chi connectivity index (χ0v) is 47.1. The van der Waals surface area contributed by atoms with E-state index in [2.05, 4.69) is 62.0 Å². The predicted octanol–water partition coefficient (Wildman–Crippen LogP) is 9.20. The van der Waals surface area contributed by atoms with E-state index in [1.165, 1.54) is 0 Å². The zero-order chi connectivity index (χ0) is 53.5. The van der Waals surface area contributed by atoms with Gasteiger partial charge in [0.15, 0.2) is 0 Å². The number of piperidine rings is 2. The fourth-order valence-corrected chi connectivity index (χ4v) is 19.1. The maximum absolute atomic E-state index is 14.2. The molecule has 6 saturated carbocycles. The van der Waals surface area contributed by atoms with E-state index in [0.717, 1.165) is 90.4 Å². The van der Waals surface area contributed by atoms with Crippen LogP contribution in [0.3, 0.4) is 0 Å². The number of rotatable bonds is 8. The van der Waals surface area contributed by atoms with Crippen molar-refractivity contribution in [2.24, 2.45) is 91.7 Å². The lowest BCUT2D eigenvalue weighted by Crippen LogP contribution is -2.63. The fourth-order valence-electron chi connectivity index (χ4n) is 19.1. The molecule has 4 aliphatic heterocycles. The second kappa shape index (κ2) is 20.4. The first kappa shape index (κ1) is 55.3. The van der Waals surface area contributed by atoms with Gasteiger partial charge in [-0.15, -0.1) is 0 Å². The smallest absolute Gasteiger partial charge is 0.414 e. The highest BCUT2D eigenvalue weighted by molar-refractivity contribution is 5.95. The maximum Gasteiger partial charge on any atom is 0.414 e. The third kappa shape index (κ3) is 8.80. The summed E-state index contributed by atoms with van der Waals surface area (Å²) in [7, 11) is 3.55. The number of nitrogens with zero attached hydrogens (tertiary/aromatic N) is 2. The molecule has 0 radical (unpaired) electrons. The van der Waals surface area contributed by atoms with E-state index in [4.69, 9.17) is 18.9 Å². The van der Waals surface area contributed by atoms with Gasteiger partial charge in [-0.1, -0.05) is 65.8 Å². The van der Waals surface area contributed by atoms with Crippen molar-refractivity contribution in [2.45, 2.75) is 171 Å². The molecule has 6 unspecified atom stereocenters. The van der Waals surface area contributed by atoms with Gasteiger partial charge >= 0.3 is 12.2 Å². The summed E-state index contributed by atoms with van der Waals surface area (Å²) in [6.45, 7) is 26.6. The summed E-state index contributed by atoms with van der Waals surface area (Å²) >= 11 is 0. The Hall–Kier alpha value is -3.46.